The summed E-state index contributed by atoms with van der Waals surface area (Å²) < 4.78 is 37.5. The number of allylic oxidation sites excluding steroid dienone is 3. The van der Waals surface area contributed by atoms with Gasteiger partial charge >= 0.3 is 6.18 Å². The molecule has 4 heteroatoms. The number of nitrogens with zero attached hydrogens (tertiary/aromatic N) is 1. The Morgan fingerprint density at radius 2 is 2.00 bits per heavy atom. The molecule has 0 aromatic heterocycles. The fourth-order valence-electron chi connectivity index (χ4n) is 1.50. The van der Waals surface area contributed by atoms with Crippen LogP contribution in [0.5, 0.6) is 0 Å². The third kappa shape index (κ3) is 2.34. The topological polar surface area (TPSA) is 3.24 Å². The van der Waals surface area contributed by atoms with Crippen LogP contribution in [0.15, 0.2) is 23.8 Å². The zero-order valence-electron chi connectivity index (χ0n) is 7.60. The number of alkyl halides is 3. The highest BCUT2D eigenvalue weighted by atomic mass is 19.4. The first-order valence-corrected chi connectivity index (χ1v) is 4.01. The van der Waals surface area contributed by atoms with Gasteiger partial charge in [-0.1, -0.05) is 18.2 Å². The van der Waals surface area contributed by atoms with Gasteiger partial charge in [-0.25, -0.2) is 0 Å². The SMILES string of the molecule is CN(C)C(C1=CC=CC1)C(F)(F)F. The van der Waals surface area contributed by atoms with Crippen LogP contribution in [0.3, 0.4) is 0 Å². The highest BCUT2D eigenvalue weighted by molar-refractivity contribution is 5.28. The van der Waals surface area contributed by atoms with Crippen molar-refractivity contribution in [3.05, 3.63) is 23.8 Å². The van der Waals surface area contributed by atoms with E-state index >= 15 is 0 Å². The molecule has 1 atom stereocenters. The van der Waals surface area contributed by atoms with Crippen LogP contribution in [0, 0.1) is 0 Å². The smallest absolute Gasteiger partial charge is 0.295 e. The Hall–Kier alpha value is -0.770. The molecule has 0 aliphatic heterocycles. The highest BCUT2D eigenvalue weighted by Gasteiger charge is 2.43. The Bertz CT molecular complexity index is 238. The zero-order chi connectivity index (χ0) is 10.1. The number of hydrogen-bond donors (Lipinski definition) is 0. The lowest BCUT2D eigenvalue weighted by molar-refractivity contribution is -0.166. The van der Waals surface area contributed by atoms with Crippen molar-refractivity contribution in [2.75, 3.05) is 14.1 Å². The molecular weight excluding hydrogens is 179 g/mol. The van der Waals surface area contributed by atoms with Crippen LogP contribution < -0.4 is 0 Å². The van der Waals surface area contributed by atoms with Gasteiger partial charge in [0, 0.05) is 0 Å². The first kappa shape index (κ1) is 10.3. The van der Waals surface area contributed by atoms with E-state index in [-0.39, 0.29) is 0 Å². The van der Waals surface area contributed by atoms with Gasteiger partial charge in [-0.2, -0.15) is 13.2 Å². The minimum Gasteiger partial charge on any atom is -0.295 e. The number of halogens is 3. The van der Waals surface area contributed by atoms with Crippen LogP contribution in [0.25, 0.3) is 0 Å². The largest absolute Gasteiger partial charge is 0.407 e. The molecule has 0 radical (unpaired) electrons. The molecule has 1 aliphatic carbocycles. The van der Waals surface area contributed by atoms with Gasteiger partial charge in [-0.3, -0.25) is 4.90 Å². The van der Waals surface area contributed by atoms with Crippen LogP contribution in [0.1, 0.15) is 6.42 Å². The van der Waals surface area contributed by atoms with Gasteiger partial charge in [0.15, 0.2) is 0 Å². The van der Waals surface area contributed by atoms with Crippen LogP contribution in [-0.4, -0.2) is 31.2 Å². The van der Waals surface area contributed by atoms with E-state index in [2.05, 4.69) is 0 Å². The second-order valence-electron chi connectivity index (χ2n) is 3.28. The zero-order valence-corrected chi connectivity index (χ0v) is 7.60. The van der Waals surface area contributed by atoms with E-state index in [9.17, 15) is 13.2 Å². The van der Waals surface area contributed by atoms with E-state index in [4.69, 9.17) is 0 Å². The molecule has 0 N–H and O–H groups in total. The summed E-state index contributed by atoms with van der Waals surface area (Å²) in [6, 6.07) is -1.44. The minimum absolute atomic E-state index is 0.405. The molecule has 1 aliphatic rings. The molecule has 13 heavy (non-hydrogen) atoms. The molecule has 1 rings (SSSR count). The minimum atomic E-state index is -4.18. The molecule has 0 bridgehead atoms. The Labute approximate surface area is 75.5 Å². The van der Waals surface area contributed by atoms with Crippen molar-refractivity contribution in [1.29, 1.82) is 0 Å². The monoisotopic (exact) mass is 191 g/mol. The van der Waals surface area contributed by atoms with Crippen molar-refractivity contribution in [3.8, 4) is 0 Å². The van der Waals surface area contributed by atoms with E-state index in [0.717, 1.165) is 0 Å². The average Bonchev–Trinajstić information content (AvgIpc) is 2.34. The average molecular weight is 191 g/mol. The van der Waals surface area contributed by atoms with Crippen molar-refractivity contribution in [2.24, 2.45) is 0 Å². The number of hydrogen-bond acceptors (Lipinski definition) is 1. The summed E-state index contributed by atoms with van der Waals surface area (Å²) in [5.41, 5.74) is 0.414. The molecule has 1 nitrogen and oxygen atoms in total. The maximum Gasteiger partial charge on any atom is 0.407 e. The Morgan fingerprint density at radius 3 is 2.31 bits per heavy atom. The van der Waals surface area contributed by atoms with E-state index < -0.39 is 12.2 Å². The Morgan fingerprint density at radius 1 is 1.38 bits per heavy atom. The van der Waals surface area contributed by atoms with Gasteiger partial charge in [0.05, 0.1) is 0 Å². The third-order valence-corrected chi connectivity index (χ3v) is 1.98. The van der Waals surface area contributed by atoms with Gasteiger partial charge in [0.25, 0.3) is 0 Å². The first-order valence-electron chi connectivity index (χ1n) is 4.01. The summed E-state index contributed by atoms with van der Waals surface area (Å²) in [4.78, 5) is 1.19. The van der Waals surface area contributed by atoms with Crippen molar-refractivity contribution in [1.82, 2.24) is 4.90 Å². The van der Waals surface area contributed by atoms with Crippen LogP contribution in [0.4, 0.5) is 13.2 Å². The van der Waals surface area contributed by atoms with Crippen LogP contribution >= 0.6 is 0 Å². The second kappa shape index (κ2) is 3.54. The van der Waals surface area contributed by atoms with E-state index in [1.807, 2.05) is 0 Å². The summed E-state index contributed by atoms with van der Waals surface area (Å²) in [5.74, 6) is 0. The molecule has 0 saturated carbocycles. The molecule has 0 fully saturated rings. The summed E-state index contributed by atoms with van der Waals surface area (Å²) in [6.45, 7) is 0. The standard InChI is InChI=1S/C9H12F3N/c1-13(2)8(9(10,11)12)7-5-3-4-6-7/h3-5,8H,6H2,1-2H3. The van der Waals surface area contributed by atoms with Gasteiger partial charge in [-0.05, 0) is 26.1 Å². The van der Waals surface area contributed by atoms with Gasteiger partial charge in [-0.15, -0.1) is 0 Å². The Kier molecular flexibility index (Phi) is 2.81. The van der Waals surface area contributed by atoms with Crippen molar-refractivity contribution >= 4 is 0 Å². The lowest BCUT2D eigenvalue weighted by Crippen LogP contribution is -2.42. The second-order valence-corrected chi connectivity index (χ2v) is 3.28. The predicted molar refractivity (Wildman–Crippen MR) is 45.4 cm³/mol. The van der Waals surface area contributed by atoms with Crippen molar-refractivity contribution in [3.63, 3.8) is 0 Å². The van der Waals surface area contributed by atoms with Crippen molar-refractivity contribution < 1.29 is 13.2 Å². The quantitative estimate of drug-likeness (QED) is 0.647. The molecule has 1 unspecified atom stereocenters. The number of rotatable bonds is 2. The third-order valence-electron chi connectivity index (χ3n) is 1.98. The van der Waals surface area contributed by atoms with Gasteiger partial charge < -0.3 is 0 Å². The summed E-state index contributed by atoms with van der Waals surface area (Å²) >= 11 is 0. The summed E-state index contributed by atoms with van der Waals surface area (Å²) in [7, 11) is 2.88. The van der Waals surface area contributed by atoms with Crippen molar-refractivity contribution in [2.45, 2.75) is 18.6 Å². The predicted octanol–water partition coefficient (Wildman–Crippen LogP) is 2.37. The maximum absolute atomic E-state index is 12.5. The molecule has 0 aromatic rings. The molecule has 74 valence electrons. The molecule has 0 heterocycles. The lowest BCUT2D eigenvalue weighted by atomic mass is 10.1. The number of likely N-dealkylation sites (N-methyl/N-ethyl adjacent to an activating group) is 1. The Balaban J connectivity index is 2.81. The summed E-state index contributed by atoms with van der Waals surface area (Å²) in [5, 5.41) is 0. The van der Waals surface area contributed by atoms with E-state index in [1.54, 1.807) is 12.2 Å². The maximum atomic E-state index is 12.5. The van der Waals surface area contributed by atoms with Gasteiger partial charge in [0.1, 0.15) is 6.04 Å². The molecule has 0 amide bonds. The van der Waals surface area contributed by atoms with E-state index in [0.29, 0.717) is 12.0 Å². The first-order chi connectivity index (χ1) is 5.93. The fourth-order valence-corrected chi connectivity index (χ4v) is 1.50. The molecule has 0 saturated heterocycles. The highest BCUT2D eigenvalue weighted by Crippen LogP contribution is 2.31. The lowest BCUT2D eigenvalue weighted by Gasteiger charge is -2.27. The van der Waals surface area contributed by atoms with Crippen LogP contribution in [0.2, 0.25) is 0 Å². The van der Waals surface area contributed by atoms with Crippen LogP contribution in [-0.2, 0) is 0 Å². The molecule has 0 spiro atoms. The molecular formula is C9H12F3N. The molecule has 0 aromatic carbocycles. The summed E-state index contributed by atoms with van der Waals surface area (Å²) in [6.07, 6.45) is 1.16. The van der Waals surface area contributed by atoms with E-state index in [1.165, 1.54) is 25.1 Å². The fraction of sp³-hybridized carbons (Fsp3) is 0.556. The van der Waals surface area contributed by atoms with Gasteiger partial charge in [0.2, 0.25) is 0 Å². The normalized spacial score (nSPS) is 19.4.